The zero-order valence-corrected chi connectivity index (χ0v) is 13.4. The number of benzene rings is 2. The molecule has 0 aromatic heterocycles. The van der Waals surface area contributed by atoms with Crippen LogP contribution in [0.4, 0.5) is 10.1 Å². The standard InChI is InChI=1S/C15H15ClFNO2S/c1-9-6-10(2)15(11(3)7-9)21(19,20)18-14-5-4-12(17)8-13(14)16/h4-8,18H,1-3H3. The molecule has 1 N–H and O–H groups in total. The average molecular weight is 328 g/mol. The van der Waals surface area contributed by atoms with E-state index in [1.807, 2.05) is 6.92 Å². The van der Waals surface area contributed by atoms with Gasteiger partial charge in [0.05, 0.1) is 15.6 Å². The maximum Gasteiger partial charge on any atom is 0.262 e. The highest BCUT2D eigenvalue weighted by molar-refractivity contribution is 7.92. The van der Waals surface area contributed by atoms with Crippen LogP contribution in [0.3, 0.4) is 0 Å². The molecule has 0 fully saturated rings. The first kappa shape index (κ1) is 15.8. The zero-order chi connectivity index (χ0) is 15.8. The molecule has 0 atom stereocenters. The Morgan fingerprint density at radius 1 is 1.05 bits per heavy atom. The highest BCUT2D eigenvalue weighted by Gasteiger charge is 2.21. The lowest BCUT2D eigenvalue weighted by atomic mass is 10.1. The molecule has 0 bridgehead atoms. The predicted octanol–water partition coefficient (Wildman–Crippen LogP) is 4.21. The average Bonchev–Trinajstić information content (AvgIpc) is 2.30. The highest BCUT2D eigenvalue weighted by Crippen LogP contribution is 2.28. The van der Waals surface area contributed by atoms with Gasteiger partial charge in [-0.1, -0.05) is 29.3 Å². The number of halogens is 2. The van der Waals surface area contributed by atoms with E-state index in [0.717, 1.165) is 17.7 Å². The SMILES string of the molecule is Cc1cc(C)c(S(=O)(=O)Nc2ccc(F)cc2Cl)c(C)c1. The van der Waals surface area contributed by atoms with E-state index in [9.17, 15) is 12.8 Å². The molecule has 0 aliphatic heterocycles. The first-order valence-corrected chi connectivity index (χ1v) is 8.12. The Bertz CT molecular complexity index is 780. The van der Waals surface area contributed by atoms with Crippen molar-refractivity contribution in [3.05, 3.63) is 57.9 Å². The molecule has 3 nitrogen and oxygen atoms in total. The fourth-order valence-electron chi connectivity index (χ4n) is 2.36. The molecular formula is C15H15ClFNO2S. The third-order valence-electron chi connectivity index (χ3n) is 3.05. The van der Waals surface area contributed by atoms with Gasteiger partial charge in [-0.25, -0.2) is 12.8 Å². The van der Waals surface area contributed by atoms with E-state index in [2.05, 4.69) is 4.72 Å². The minimum Gasteiger partial charge on any atom is -0.278 e. The van der Waals surface area contributed by atoms with Gasteiger partial charge >= 0.3 is 0 Å². The normalized spacial score (nSPS) is 11.5. The third kappa shape index (κ3) is 3.36. The van der Waals surface area contributed by atoms with Crippen LogP contribution in [0.2, 0.25) is 5.02 Å². The molecule has 2 rings (SSSR count). The fraction of sp³-hybridized carbons (Fsp3) is 0.200. The van der Waals surface area contributed by atoms with Crippen LogP contribution in [0.1, 0.15) is 16.7 Å². The van der Waals surface area contributed by atoms with Crippen molar-refractivity contribution in [2.45, 2.75) is 25.7 Å². The number of hydrogen-bond donors (Lipinski definition) is 1. The van der Waals surface area contributed by atoms with Gasteiger partial charge in [0.1, 0.15) is 5.82 Å². The van der Waals surface area contributed by atoms with Crippen LogP contribution in [-0.2, 0) is 10.0 Å². The molecule has 0 amide bonds. The number of hydrogen-bond acceptors (Lipinski definition) is 2. The van der Waals surface area contributed by atoms with E-state index >= 15 is 0 Å². The Morgan fingerprint density at radius 2 is 1.62 bits per heavy atom. The van der Waals surface area contributed by atoms with E-state index in [4.69, 9.17) is 11.6 Å². The van der Waals surface area contributed by atoms with Gasteiger partial charge in [0.2, 0.25) is 0 Å². The maximum atomic E-state index is 13.0. The highest BCUT2D eigenvalue weighted by atomic mass is 35.5. The second-order valence-corrected chi connectivity index (χ2v) is 6.98. The van der Waals surface area contributed by atoms with E-state index in [1.54, 1.807) is 26.0 Å². The second-order valence-electron chi connectivity index (χ2n) is 4.96. The summed E-state index contributed by atoms with van der Waals surface area (Å²) >= 11 is 5.86. The third-order valence-corrected chi connectivity index (χ3v) is 5.03. The Labute approximate surface area is 128 Å². The molecule has 0 aliphatic rings. The van der Waals surface area contributed by atoms with Gasteiger partial charge in [0.25, 0.3) is 10.0 Å². The summed E-state index contributed by atoms with van der Waals surface area (Å²) < 4.78 is 40.5. The van der Waals surface area contributed by atoms with Gasteiger partial charge in [0, 0.05) is 0 Å². The summed E-state index contributed by atoms with van der Waals surface area (Å²) in [6.45, 7) is 5.38. The van der Waals surface area contributed by atoms with Gasteiger partial charge in [-0.3, -0.25) is 4.72 Å². The Hall–Kier alpha value is -1.59. The van der Waals surface area contributed by atoms with Crippen molar-refractivity contribution < 1.29 is 12.8 Å². The van der Waals surface area contributed by atoms with Gasteiger partial charge in [-0.05, 0) is 50.1 Å². The molecule has 0 radical (unpaired) electrons. The van der Waals surface area contributed by atoms with Crippen molar-refractivity contribution in [3.63, 3.8) is 0 Å². The lowest BCUT2D eigenvalue weighted by Crippen LogP contribution is -2.16. The predicted molar refractivity (Wildman–Crippen MR) is 82.9 cm³/mol. The van der Waals surface area contributed by atoms with Crippen molar-refractivity contribution >= 4 is 27.3 Å². The van der Waals surface area contributed by atoms with E-state index < -0.39 is 15.8 Å². The summed E-state index contributed by atoms with van der Waals surface area (Å²) in [4.78, 5) is 0.216. The van der Waals surface area contributed by atoms with Crippen molar-refractivity contribution in [1.82, 2.24) is 0 Å². The summed E-state index contributed by atoms with van der Waals surface area (Å²) in [5, 5.41) is 0.0148. The summed E-state index contributed by atoms with van der Waals surface area (Å²) in [7, 11) is -3.78. The topological polar surface area (TPSA) is 46.2 Å². The van der Waals surface area contributed by atoms with Crippen molar-refractivity contribution in [2.75, 3.05) is 4.72 Å². The van der Waals surface area contributed by atoms with Crippen LogP contribution in [0.15, 0.2) is 35.2 Å². The lowest BCUT2D eigenvalue weighted by Gasteiger charge is -2.14. The molecule has 0 unspecified atom stereocenters. The van der Waals surface area contributed by atoms with Gasteiger partial charge in [0.15, 0.2) is 0 Å². The van der Waals surface area contributed by atoms with Crippen LogP contribution in [0.25, 0.3) is 0 Å². The first-order valence-electron chi connectivity index (χ1n) is 6.26. The molecule has 2 aromatic rings. The van der Waals surface area contributed by atoms with Crippen molar-refractivity contribution in [3.8, 4) is 0 Å². The summed E-state index contributed by atoms with van der Waals surface area (Å²) in [6.07, 6.45) is 0. The number of nitrogens with one attached hydrogen (secondary N) is 1. The van der Waals surface area contributed by atoms with Crippen LogP contribution >= 0.6 is 11.6 Å². The fourth-order valence-corrected chi connectivity index (χ4v) is 4.16. The summed E-state index contributed by atoms with van der Waals surface area (Å²) in [5.41, 5.74) is 2.44. The number of aryl methyl sites for hydroxylation is 3. The number of rotatable bonds is 3. The molecule has 112 valence electrons. The second kappa shape index (κ2) is 5.66. The molecular weight excluding hydrogens is 313 g/mol. The summed E-state index contributed by atoms with van der Waals surface area (Å²) in [6, 6.07) is 7.11. The molecule has 6 heteroatoms. The minimum absolute atomic E-state index is 0.0148. The smallest absolute Gasteiger partial charge is 0.262 e. The Morgan fingerprint density at radius 3 is 2.14 bits per heavy atom. The van der Waals surface area contributed by atoms with E-state index in [1.165, 1.54) is 6.07 Å². The number of anilines is 1. The molecule has 0 spiro atoms. The van der Waals surface area contributed by atoms with E-state index in [0.29, 0.717) is 11.1 Å². The molecule has 0 saturated carbocycles. The van der Waals surface area contributed by atoms with Crippen LogP contribution in [0, 0.1) is 26.6 Å². The molecule has 2 aromatic carbocycles. The van der Waals surface area contributed by atoms with Crippen LogP contribution < -0.4 is 4.72 Å². The van der Waals surface area contributed by atoms with Gasteiger partial charge < -0.3 is 0 Å². The summed E-state index contributed by atoms with van der Waals surface area (Å²) in [5.74, 6) is -0.523. The van der Waals surface area contributed by atoms with Crippen LogP contribution in [-0.4, -0.2) is 8.42 Å². The molecule has 0 heterocycles. The molecule has 0 aliphatic carbocycles. The lowest BCUT2D eigenvalue weighted by molar-refractivity contribution is 0.599. The molecule has 21 heavy (non-hydrogen) atoms. The number of sulfonamides is 1. The van der Waals surface area contributed by atoms with Crippen LogP contribution in [0.5, 0.6) is 0 Å². The Kier molecular flexibility index (Phi) is 4.25. The minimum atomic E-state index is -3.78. The van der Waals surface area contributed by atoms with E-state index in [-0.39, 0.29) is 15.6 Å². The monoisotopic (exact) mass is 327 g/mol. The maximum absolute atomic E-state index is 13.0. The van der Waals surface area contributed by atoms with Gasteiger partial charge in [-0.15, -0.1) is 0 Å². The molecule has 0 saturated heterocycles. The largest absolute Gasteiger partial charge is 0.278 e. The Balaban J connectivity index is 2.48. The van der Waals surface area contributed by atoms with Gasteiger partial charge in [-0.2, -0.15) is 0 Å². The van der Waals surface area contributed by atoms with Crippen molar-refractivity contribution in [2.24, 2.45) is 0 Å². The first-order chi connectivity index (χ1) is 9.70. The van der Waals surface area contributed by atoms with Crippen molar-refractivity contribution in [1.29, 1.82) is 0 Å². The quantitative estimate of drug-likeness (QED) is 0.918. The zero-order valence-electron chi connectivity index (χ0n) is 11.9.